The zero-order valence-corrected chi connectivity index (χ0v) is 15.3. The Balaban J connectivity index is 1.89. The van der Waals surface area contributed by atoms with E-state index in [-0.39, 0.29) is 5.41 Å². The molecule has 2 aromatic rings. The van der Waals surface area contributed by atoms with Crippen molar-refractivity contribution in [2.45, 2.75) is 32.6 Å². The number of nitrogens with zero attached hydrogens (tertiary/aromatic N) is 1. The summed E-state index contributed by atoms with van der Waals surface area (Å²) < 4.78 is 16.7. The SMILES string of the molecule is CCC(C)(C)c1ccc(OCCOc2cc(C#N)ccc2OC)cc1. The number of benzene rings is 2. The Morgan fingerprint density at radius 2 is 1.64 bits per heavy atom. The normalized spacial score (nSPS) is 10.8. The van der Waals surface area contributed by atoms with Gasteiger partial charge in [0.25, 0.3) is 0 Å². The number of hydrogen-bond acceptors (Lipinski definition) is 4. The summed E-state index contributed by atoms with van der Waals surface area (Å²) in [4.78, 5) is 0. The molecule has 0 saturated heterocycles. The summed E-state index contributed by atoms with van der Waals surface area (Å²) in [5, 5.41) is 8.97. The average molecular weight is 339 g/mol. The van der Waals surface area contributed by atoms with Gasteiger partial charge in [-0.15, -0.1) is 0 Å². The second-order valence-corrected chi connectivity index (χ2v) is 6.44. The van der Waals surface area contributed by atoms with Crippen LogP contribution in [-0.4, -0.2) is 20.3 Å². The van der Waals surface area contributed by atoms with Crippen molar-refractivity contribution in [3.05, 3.63) is 53.6 Å². The molecule has 0 amide bonds. The fourth-order valence-corrected chi connectivity index (χ4v) is 2.38. The minimum atomic E-state index is 0.171. The van der Waals surface area contributed by atoms with Gasteiger partial charge in [0.05, 0.1) is 18.7 Å². The van der Waals surface area contributed by atoms with Crippen LogP contribution in [0, 0.1) is 11.3 Å². The molecule has 0 aliphatic heterocycles. The summed E-state index contributed by atoms with van der Waals surface area (Å²) in [6, 6.07) is 15.4. The van der Waals surface area contributed by atoms with E-state index in [4.69, 9.17) is 19.5 Å². The Bertz CT molecular complexity index is 730. The predicted molar refractivity (Wildman–Crippen MR) is 98.5 cm³/mol. The van der Waals surface area contributed by atoms with E-state index in [1.807, 2.05) is 12.1 Å². The lowest BCUT2D eigenvalue weighted by molar-refractivity contribution is 0.211. The molecule has 0 saturated carbocycles. The number of rotatable bonds is 8. The minimum Gasteiger partial charge on any atom is -0.493 e. The molecule has 0 bridgehead atoms. The van der Waals surface area contributed by atoms with Crippen molar-refractivity contribution in [2.24, 2.45) is 0 Å². The van der Waals surface area contributed by atoms with Crippen LogP contribution in [0.2, 0.25) is 0 Å². The van der Waals surface area contributed by atoms with Gasteiger partial charge >= 0.3 is 0 Å². The van der Waals surface area contributed by atoms with E-state index in [1.165, 1.54) is 5.56 Å². The first-order valence-corrected chi connectivity index (χ1v) is 8.44. The van der Waals surface area contributed by atoms with Crippen molar-refractivity contribution < 1.29 is 14.2 Å². The van der Waals surface area contributed by atoms with Crippen molar-refractivity contribution in [1.29, 1.82) is 5.26 Å². The third kappa shape index (κ3) is 4.90. The van der Waals surface area contributed by atoms with Gasteiger partial charge in [0.1, 0.15) is 19.0 Å². The first kappa shape index (κ1) is 18.7. The molecule has 0 heterocycles. The van der Waals surface area contributed by atoms with Gasteiger partial charge in [-0.3, -0.25) is 0 Å². The van der Waals surface area contributed by atoms with Crippen molar-refractivity contribution in [3.63, 3.8) is 0 Å². The highest BCUT2D eigenvalue weighted by atomic mass is 16.5. The molecule has 0 aliphatic carbocycles. The van der Waals surface area contributed by atoms with Crippen LogP contribution in [0.25, 0.3) is 0 Å². The molecule has 132 valence electrons. The molecule has 2 rings (SSSR count). The van der Waals surface area contributed by atoms with Gasteiger partial charge in [0.2, 0.25) is 0 Å². The fraction of sp³-hybridized carbons (Fsp3) is 0.381. The molecule has 0 aliphatic rings. The smallest absolute Gasteiger partial charge is 0.162 e. The fourth-order valence-electron chi connectivity index (χ4n) is 2.38. The van der Waals surface area contributed by atoms with E-state index in [0.717, 1.165) is 12.2 Å². The Kier molecular flexibility index (Phi) is 6.30. The largest absolute Gasteiger partial charge is 0.493 e. The lowest BCUT2D eigenvalue weighted by atomic mass is 9.82. The van der Waals surface area contributed by atoms with Gasteiger partial charge in [-0.1, -0.05) is 32.9 Å². The van der Waals surface area contributed by atoms with Crippen LogP contribution < -0.4 is 14.2 Å². The molecule has 0 radical (unpaired) electrons. The summed E-state index contributed by atoms with van der Waals surface area (Å²) in [6.07, 6.45) is 1.09. The molecule has 0 atom stereocenters. The lowest BCUT2D eigenvalue weighted by Crippen LogP contribution is -2.15. The quantitative estimate of drug-likeness (QED) is 0.653. The summed E-state index contributed by atoms with van der Waals surface area (Å²) in [5.41, 5.74) is 2.01. The van der Waals surface area contributed by atoms with Crippen LogP contribution >= 0.6 is 0 Å². The maximum atomic E-state index is 8.97. The molecule has 0 spiro atoms. The Hall–Kier alpha value is -2.67. The third-order valence-electron chi connectivity index (χ3n) is 4.42. The molecule has 25 heavy (non-hydrogen) atoms. The van der Waals surface area contributed by atoms with Crippen molar-refractivity contribution in [3.8, 4) is 23.3 Å². The summed E-state index contributed by atoms with van der Waals surface area (Å²) in [6.45, 7) is 7.44. The summed E-state index contributed by atoms with van der Waals surface area (Å²) in [5.74, 6) is 1.97. The maximum absolute atomic E-state index is 8.97. The van der Waals surface area contributed by atoms with E-state index in [9.17, 15) is 0 Å². The van der Waals surface area contributed by atoms with Gasteiger partial charge in [0, 0.05) is 6.07 Å². The Morgan fingerprint density at radius 3 is 2.24 bits per heavy atom. The zero-order valence-electron chi connectivity index (χ0n) is 15.3. The van der Waals surface area contributed by atoms with Crippen LogP contribution in [0.4, 0.5) is 0 Å². The highest BCUT2D eigenvalue weighted by Crippen LogP contribution is 2.29. The number of methoxy groups -OCH3 is 1. The lowest BCUT2D eigenvalue weighted by Gasteiger charge is -2.23. The van der Waals surface area contributed by atoms with Gasteiger partial charge < -0.3 is 14.2 Å². The van der Waals surface area contributed by atoms with E-state index >= 15 is 0 Å². The summed E-state index contributed by atoms with van der Waals surface area (Å²) >= 11 is 0. The van der Waals surface area contributed by atoms with Gasteiger partial charge in [-0.2, -0.15) is 5.26 Å². The van der Waals surface area contributed by atoms with Crippen LogP contribution in [0.5, 0.6) is 17.2 Å². The molecule has 0 fully saturated rings. The number of nitriles is 1. The van der Waals surface area contributed by atoms with E-state index in [0.29, 0.717) is 30.3 Å². The minimum absolute atomic E-state index is 0.171. The van der Waals surface area contributed by atoms with E-state index in [1.54, 1.807) is 25.3 Å². The standard InChI is InChI=1S/C21H25NO3/c1-5-21(2,3)17-7-9-18(10-8-17)24-12-13-25-20-14-16(15-22)6-11-19(20)23-4/h6-11,14H,5,12-13H2,1-4H3. The predicted octanol–water partition coefficient (Wildman–Crippen LogP) is 4.71. The molecule has 2 aromatic carbocycles. The average Bonchev–Trinajstić information content (AvgIpc) is 2.65. The second kappa shape index (κ2) is 8.43. The van der Waals surface area contributed by atoms with Crippen molar-refractivity contribution >= 4 is 0 Å². The first-order chi connectivity index (χ1) is 12.0. The highest BCUT2D eigenvalue weighted by molar-refractivity contribution is 5.46. The number of ether oxygens (including phenoxy) is 3. The summed E-state index contributed by atoms with van der Waals surface area (Å²) in [7, 11) is 1.57. The van der Waals surface area contributed by atoms with Gasteiger partial charge in [-0.05, 0) is 41.7 Å². The molecular weight excluding hydrogens is 314 g/mol. The van der Waals surface area contributed by atoms with Crippen LogP contribution in [0.1, 0.15) is 38.3 Å². The van der Waals surface area contributed by atoms with E-state index in [2.05, 4.69) is 39.0 Å². The molecule has 0 aromatic heterocycles. The van der Waals surface area contributed by atoms with E-state index < -0.39 is 0 Å². The first-order valence-electron chi connectivity index (χ1n) is 8.44. The molecule has 4 heteroatoms. The molecule has 4 nitrogen and oxygen atoms in total. The maximum Gasteiger partial charge on any atom is 0.162 e. The zero-order chi connectivity index (χ0) is 18.3. The van der Waals surface area contributed by atoms with Crippen LogP contribution in [-0.2, 0) is 5.41 Å². The Morgan fingerprint density at radius 1 is 0.960 bits per heavy atom. The second-order valence-electron chi connectivity index (χ2n) is 6.44. The topological polar surface area (TPSA) is 51.5 Å². The van der Waals surface area contributed by atoms with Crippen LogP contribution in [0.15, 0.2) is 42.5 Å². The van der Waals surface area contributed by atoms with Crippen LogP contribution in [0.3, 0.4) is 0 Å². The van der Waals surface area contributed by atoms with Gasteiger partial charge in [0.15, 0.2) is 11.5 Å². The van der Waals surface area contributed by atoms with Crippen molar-refractivity contribution in [1.82, 2.24) is 0 Å². The highest BCUT2D eigenvalue weighted by Gasteiger charge is 2.17. The molecule has 0 unspecified atom stereocenters. The van der Waals surface area contributed by atoms with Gasteiger partial charge in [-0.25, -0.2) is 0 Å². The van der Waals surface area contributed by atoms with Crippen molar-refractivity contribution in [2.75, 3.05) is 20.3 Å². The molecule has 0 N–H and O–H groups in total. The Labute approximate surface area is 150 Å². The third-order valence-corrected chi connectivity index (χ3v) is 4.42. The monoisotopic (exact) mass is 339 g/mol. The molecular formula is C21H25NO3. The number of hydrogen-bond donors (Lipinski definition) is 0.